The standard InChI is InChI=1S/C23H19N7O3/c1-33-20-13-11-17(12-14-20)27-23-21(30(31)32)22(24-15-25-23)26-16-7-9-19(10-8-16)29-28-18-5-3-2-4-6-18/h2-15H,1H3,(H2,24,25,26,27). The number of nitrogens with zero attached hydrogens (tertiary/aromatic N) is 5. The van der Waals surface area contributed by atoms with Crippen LogP contribution < -0.4 is 15.4 Å². The molecular weight excluding hydrogens is 422 g/mol. The molecule has 33 heavy (non-hydrogen) atoms. The fourth-order valence-corrected chi connectivity index (χ4v) is 2.90. The van der Waals surface area contributed by atoms with Crippen molar-refractivity contribution in [3.05, 3.63) is 95.3 Å². The van der Waals surface area contributed by atoms with Crippen molar-refractivity contribution in [1.29, 1.82) is 0 Å². The van der Waals surface area contributed by atoms with Gasteiger partial charge in [0, 0.05) is 11.4 Å². The number of ether oxygens (including phenoxy) is 1. The monoisotopic (exact) mass is 441 g/mol. The Morgan fingerprint density at radius 3 is 1.82 bits per heavy atom. The van der Waals surface area contributed by atoms with Crippen molar-refractivity contribution in [2.45, 2.75) is 0 Å². The highest BCUT2D eigenvalue weighted by molar-refractivity contribution is 5.77. The molecule has 0 saturated heterocycles. The second-order valence-corrected chi connectivity index (χ2v) is 6.74. The van der Waals surface area contributed by atoms with Gasteiger partial charge in [0.05, 0.1) is 23.4 Å². The minimum absolute atomic E-state index is 0.0599. The average molecular weight is 441 g/mol. The van der Waals surface area contributed by atoms with Gasteiger partial charge in [0.25, 0.3) is 0 Å². The third kappa shape index (κ3) is 5.44. The summed E-state index contributed by atoms with van der Waals surface area (Å²) in [6.45, 7) is 0. The molecule has 164 valence electrons. The summed E-state index contributed by atoms with van der Waals surface area (Å²) in [6.07, 6.45) is 1.25. The molecule has 10 nitrogen and oxygen atoms in total. The van der Waals surface area contributed by atoms with Gasteiger partial charge in [-0.25, -0.2) is 9.97 Å². The van der Waals surface area contributed by atoms with E-state index in [0.717, 1.165) is 5.69 Å². The maximum Gasteiger partial charge on any atom is 0.353 e. The molecule has 0 radical (unpaired) electrons. The summed E-state index contributed by atoms with van der Waals surface area (Å²) in [6, 6.07) is 23.3. The molecule has 0 spiro atoms. The second-order valence-electron chi connectivity index (χ2n) is 6.74. The van der Waals surface area contributed by atoms with Crippen LogP contribution in [0.4, 0.5) is 40.1 Å². The lowest BCUT2D eigenvalue weighted by atomic mass is 10.2. The quantitative estimate of drug-likeness (QED) is 0.187. The number of nitro groups is 1. The minimum atomic E-state index is -0.531. The van der Waals surface area contributed by atoms with Crippen LogP contribution in [0.1, 0.15) is 0 Å². The highest BCUT2D eigenvalue weighted by Gasteiger charge is 2.23. The number of hydrogen-bond acceptors (Lipinski definition) is 9. The molecule has 0 aliphatic carbocycles. The zero-order chi connectivity index (χ0) is 23.0. The molecule has 2 N–H and O–H groups in total. The van der Waals surface area contributed by atoms with Gasteiger partial charge >= 0.3 is 5.69 Å². The Labute approximate surface area is 189 Å². The van der Waals surface area contributed by atoms with Gasteiger partial charge in [0.1, 0.15) is 12.1 Å². The lowest BCUT2D eigenvalue weighted by Gasteiger charge is -2.10. The molecule has 0 aliphatic rings. The predicted octanol–water partition coefficient (Wildman–Crippen LogP) is 6.30. The summed E-state index contributed by atoms with van der Waals surface area (Å²) in [5.74, 6) is 0.799. The van der Waals surface area contributed by atoms with E-state index in [1.54, 1.807) is 55.6 Å². The zero-order valence-corrected chi connectivity index (χ0v) is 17.5. The Bertz CT molecular complexity index is 1260. The van der Waals surface area contributed by atoms with Crippen molar-refractivity contribution >= 4 is 40.1 Å². The second kappa shape index (κ2) is 9.96. The third-order valence-electron chi connectivity index (χ3n) is 4.52. The summed E-state index contributed by atoms with van der Waals surface area (Å²) in [5, 5.41) is 26.1. The Hall–Kier alpha value is -4.86. The van der Waals surface area contributed by atoms with Crippen molar-refractivity contribution in [2.24, 2.45) is 10.2 Å². The average Bonchev–Trinajstić information content (AvgIpc) is 2.85. The Morgan fingerprint density at radius 1 is 0.788 bits per heavy atom. The van der Waals surface area contributed by atoms with Crippen LogP contribution in [0, 0.1) is 10.1 Å². The van der Waals surface area contributed by atoms with E-state index in [1.165, 1.54) is 6.33 Å². The number of nitrogens with one attached hydrogen (secondary N) is 2. The highest BCUT2D eigenvalue weighted by Crippen LogP contribution is 2.33. The molecule has 1 heterocycles. The molecule has 4 aromatic rings. The van der Waals surface area contributed by atoms with Crippen molar-refractivity contribution in [3.8, 4) is 5.75 Å². The molecule has 0 saturated carbocycles. The van der Waals surface area contributed by atoms with Crippen molar-refractivity contribution < 1.29 is 9.66 Å². The molecule has 1 aromatic heterocycles. The number of anilines is 4. The lowest BCUT2D eigenvalue weighted by molar-refractivity contribution is -0.383. The van der Waals surface area contributed by atoms with Crippen LogP contribution in [0.5, 0.6) is 5.75 Å². The summed E-state index contributed by atoms with van der Waals surface area (Å²) in [5.41, 5.74) is 2.33. The number of azo groups is 1. The van der Waals surface area contributed by atoms with E-state index in [1.807, 2.05) is 30.3 Å². The first-order chi connectivity index (χ1) is 16.1. The number of rotatable bonds is 8. The first kappa shape index (κ1) is 21.4. The van der Waals surface area contributed by atoms with E-state index >= 15 is 0 Å². The fraction of sp³-hybridized carbons (Fsp3) is 0.0435. The summed E-state index contributed by atoms with van der Waals surface area (Å²) >= 11 is 0. The molecule has 4 rings (SSSR count). The SMILES string of the molecule is COc1ccc(Nc2ncnc(Nc3ccc(N=Nc4ccccc4)cc3)c2[N+](=O)[O-])cc1. The van der Waals surface area contributed by atoms with Crippen LogP contribution in [-0.2, 0) is 0 Å². The molecule has 0 fully saturated rings. The van der Waals surface area contributed by atoms with Crippen LogP contribution in [0.25, 0.3) is 0 Å². The minimum Gasteiger partial charge on any atom is -0.497 e. The Morgan fingerprint density at radius 2 is 1.30 bits per heavy atom. The van der Waals surface area contributed by atoms with E-state index in [2.05, 4.69) is 30.8 Å². The molecular formula is C23H19N7O3. The van der Waals surface area contributed by atoms with Gasteiger partial charge in [-0.3, -0.25) is 10.1 Å². The molecule has 0 amide bonds. The van der Waals surface area contributed by atoms with Gasteiger partial charge in [0.15, 0.2) is 0 Å². The molecule has 0 atom stereocenters. The van der Waals surface area contributed by atoms with Crippen LogP contribution in [0.15, 0.2) is 95.4 Å². The number of hydrogen-bond donors (Lipinski definition) is 2. The van der Waals surface area contributed by atoms with Crippen LogP contribution >= 0.6 is 0 Å². The smallest absolute Gasteiger partial charge is 0.353 e. The van der Waals surface area contributed by atoms with E-state index in [9.17, 15) is 10.1 Å². The summed E-state index contributed by atoms with van der Waals surface area (Å²) in [7, 11) is 1.56. The molecule has 3 aromatic carbocycles. The van der Waals surface area contributed by atoms with Crippen LogP contribution in [0.3, 0.4) is 0 Å². The molecule has 0 bridgehead atoms. The zero-order valence-electron chi connectivity index (χ0n) is 17.5. The van der Waals surface area contributed by atoms with Gasteiger partial charge in [-0.05, 0) is 60.7 Å². The van der Waals surface area contributed by atoms with E-state index in [0.29, 0.717) is 22.8 Å². The number of methoxy groups -OCH3 is 1. The fourth-order valence-electron chi connectivity index (χ4n) is 2.90. The van der Waals surface area contributed by atoms with Crippen molar-refractivity contribution in [3.63, 3.8) is 0 Å². The largest absolute Gasteiger partial charge is 0.497 e. The molecule has 10 heteroatoms. The van der Waals surface area contributed by atoms with Crippen LogP contribution in [0.2, 0.25) is 0 Å². The van der Waals surface area contributed by atoms with Gasteiger partial charge in [-0.2, -0.15) is 10.2 Å². The summed E-state index contributed by atoms with van der Waals surface area (Å²) < 4.78 is 5.13. The molecule has 0 aliphatic heterocycles. The van der Waals surface area contributed by atoms with Crippen molar-refractivity contribution in [1.82, 2.24) is 9.97 Å². The van der Waals surface area contributed by atoms with Gasteiger partial charge in [0.2, 0.25) is 11.6 Å². The summed E-state index contributed by atoms with van der Waals surface area (Å²) in [4.78, 5) is 19.4. The van der Waals surface area contributed by atoms with Gasteiger partial charge < -0.3 is 15.4 Å². The maximum atomic E-state index is 11.8. The van der Waals surface area contributed by atoms with Crippen LogP contribution in [-0.4, -0.2) is 22.0 Å². The first-order valence-corrected chi connectivity index (χ1v) is 9.87. The molecule has 0 unspecified atom stereocenters. The Kier molecular flexibility index (Phi) is 6.45. The maximum absolute atomic E-state index is 11.8. The normalized spacial score (nSPS) is 10.7. The third-order valence-corrected chi connectivity index (χ3v) is 4.52. The van der Waals surface area contributed by atoms with Crippen molar-refractivity contribution in [2.75, 3.05) is 17.7 Å². The Balaban J connectivity index is 1.53. The van der Waals surface area contributed by atoms with Gasteiger partial charge in [-0.15, -0.1) is 0 Å². The first-order valence-electron chi connectivity index (χ1n) is 9.87. The highest BCUT2D eigenvalue weighted by atomic mass is 16.6. The predicted molar refractivity (Wildman–Crippen MR) is 125 cm³/mol. The van der Waals surface area contributed by atoms with E-state index in [-0.39, 0.29) is 17.3 Å². The number of benzene rings is 3. The van der Waals surface area contributed by atoms with E-state index < -0.39 is 4.92 Å². The van der Waals surface area contributed by atoms with E-state index in [4.69, 9.17) is 4.74 Å². The lowest BCUT2D eigenvalue weighted by Crippen LogP contribution is -2.05. The topological polar surface area (TPSA) is 127 Å². The van der Waals surface area contributed by atoms with Gasteiger partial charge in [-0.1, -0.05) is 18.2 Å². The number of aromatic nitrogens is 2.